The van der Waals surface area contributed by atoms with Crippen molar-refractivity contribution in [3.63, 3.8) is 0 Å². The molecule has 0 aliphatic carbocycles. The van der Waals surface area contributed by atoms with Gasteiger partial charge in [0, 0.05) is 26.1 Å². The summed E-state index contributed by atoms with van der Waals surface area (Å²) in [6.07, 6.45) is 0.993. The summed E-state index contributed by atoms with van der Waals surface area (Å²) in [5.74, 6) is 0. The van der Waals surface area contributed by atoms with Crippen LogP contribution in [0, 0.1) is 0 Å². The first-order valence-corrected chi connectivity index (χ1v) is 5.35. The smallest absolute Gasteiger partial charge is 0.0468 e. The highest BCUT2D eigenvalue weighted by molar-refractivity contribution is 9.10. The summed E-state index contributed by atoms with van der Waals surface area (Å²) >= 11 is 9.46. The Kier molecular flexibility index (Phi) is 2.35. The molecule has 1 aromatic carbocycles. The van der Waals surface area contributed by atoms with Crippen LogP contribution in [0.5, 0.6) is 0 Å². The normalized spacial score (nSPS) is 11.0. The Morgan fingerprint density at radius 2 is 2.23 bits per heavy atom. The van der Waals surface area contributed by atoms with Crippen molar-refractivity contribution >= 4 is 38.4 Å². The molecule has 0 bridgehead atoms. The highest BCUT2D eigenvalue weighted by Gasteiger charge is 2.06. The lowest BCUT2D eigenvalue weighted by Crippen LogP contribution is -1.77. The Bertz CT molecular complexity index is 447. The lowest BCUT2D eigenvalue weighted by Gasteiger charge is -1.91. The molecule has 0 amide bonds. The van der Waals surface area contributed by atoms with Crippen molar-refractivity contribution in [1.82, 2.24) is 4.98 Å². The standard InChI is InChI=1S/C10H9BrClN/c1-2-8-10(11)7-5-6(12)3-4-9(7)13-8/h3-5,13H,2H2,1H3. The molecule has 0 spiro atoms. The Labute approximate surface area is 90.2 Å². The van der Waals surface area contributed by atoms with E-state index in [1.807, 2.05) is 18.2 Å². The van der Waals surface area contributed by atoms with E-state index in [0.29, 0.717) is 0 Å². The number of nitrogens with one attached hydrogen (secondary N) is 1. The van der Waals surface area contributed by atoms with E-state index in [1.165, 1.54) is 5.69 Å². The summed E-state index contributed by atoms with van der Waals surface area (Å²) in [7, 11) is 0. The third-order valence-electron chi connectivity index (χ3n) is 2.12. The number of aromatic amines is 1. The number of hydrogen-bond donors (Lipinski definition) is 1. The van der Waals surface area contributed by atoms with Crippen molar-refractivity contribution in [2.75, 3.05) is 0 Å². The molecule has 0 aliphatic rings. The van der Waals surface area contributed by atoms with Gasteiger partial charge in [-0.1, -0.05) is 18.5 Å². The van der Waals surface area contributed by atoms with Crippen LogP contribution in [0.3, 0.4) is 0 Å². The molecule has 1 nitrogen and oxygen atoms in total. The van der Waals surface area contributed by atoms with Crippen LogP contribution in [0.1, 0.15) is 12.6 Å². The van der Waals surface area contributed by atoms with Crippen molar-refractivity contribution in [2.45, 2.75) is 13.3 Å². The topological polar surface area (TPSA) is 15.8 Å². The zero-order valence-electron chi connectivity index (χ0n) is 7.20. The number of halogens is 2. The minimum absolute atomic E-state index is 0.773. The van der Waals surface area contributed by atoms with Crippen molar-refractivity contribution in [3.8, 4) is 0 Å². The lowest BCUT2D eigenvalue weighted by atomic mass is 10.2. The summed E-state index contributed by atoms with van der Waals surface area (Å²) in [4.78, 5) is 3.34. The summed E-state index contributed by atoms with van der Waals surface area (Å²) in [6, 6.07) is 5.87. The van der Waals surface area contributed by atoms with Gasteiger partial charge in [0.15, 0.2) is 0 Å². The molecule has 0 aliphatic heterocycles. The van der Waals surface area contributed by atoms with Gasteiger partial charge in [-0.05, 0) is 40.5 Å². The van der Waals surface area contributed by atoms with Crippen LogP contribution < -0.4 is 0 Å². The maximum Gasteiger partial charge on any atom is 0.0468 e. The number of H-pyrrole nitrogens is 1. The zero-order chi connectivity index (χ0) is 9.42. The van der Waals surface area contributed by atoms with Crippen LogP contribution in [-0.4, -0.2) is 4.98 Å². The quantitative estimate of drug-likeness (QED) is 0.791. The largest absolute Gasteiger partial charge is 0.357 e. The van der Waals surface area contributed by atoms with Gasteiger partial charge in [-0.25, -0.2) is 0 Å². The van der Waals surface area contributed by atoms with E-state index in [-0.39, 0.29) is 0 Å². The number of aromatic nitrogens is 1. The monoisotopic (exact) mass is 257 g/mol. The van der Waals surface area contributed by atoms with Crippen LogP contribution in [0.2, 0.25) is 5.02 Å². The number of hydrogen-bond acceptors (Lipinski definition) is 0. The van der Waals surface area contributed by atoms with Gasteiger partial charge in [0.05, 0.1) is 0 Å². The zero-order valence-corrected chi connectivity index (χ0v) is 9.54. The molecular weight excluding hydrogens is 249 g/mol. The van der Waals surface area contributed by atoms with Crippen molar-refractivity contribution in [2.24, 2.45) is 0 Å². The maximum atomic E-state index is 5.91. The third kappa shape index (κ3) is 1.49. The summed E-state index contributed by atoms with van der Waals surface area (Å²) in [5.41, 5.74) is 2.35. The molecular formula is C10H9BrClN. The molecule has 0 fully saturated rings. The van der Waals surface area contributed by atoms with Crippen molar-refractivity contribution < 1.29 is 0 Å². The molecule has 2 rings (SSSR count). The minimum atomic E-state index is 0.773. The molecule has 1 heterocycles. The highest BCUT2D eigenvalue weighted by Crippen LogP contribution is 2.30. The van der Waals surface area contributed by atoms with E-state index in [0.717, 1.165) is 26.8 Å². The van der Waals surface area contributed by atoms with Gasteiger partial charge in [0.25, 0.3) is 0 Å². The Hall–Kier alpha value is -0.470. The van der Waals surface area contributed by atoms with Crippen LogP contribution in [-0.2, 0) is 6.42 Å². The fourth-order valence-corrected chi connectivity index (χ4v) is 2.31. The lowest BCUT2D eigenvalue weighted by molar-refractivity contribution is 1.06. The second-order valence-electron chi connectivity index (χ2n) is 2.96. The molecule has 0 radical (unpaired) electrons. The fourth-order valence-electron chi connectivity index (χ4n) is 1.43. The first-order valence-electron chi connectivity index (χ1n) is 4.18. The van der Waals surface area contributed by atoms with E-state index < -0.39 is 0 Å². The second-order valence-corrected chi connectivity index (χ2v) is 4.19. The van der Waals surface area contributed by atoms with E-state index in [1.54, 1.807) is 0 Å². The third-order valence-corrected chi connectivity index (χ3v) is 3.26. The van der Waals surface area contributed by atoms with Crippen LogP contribution in [0.4, 0.5) is 0 Å². The molecule has 0 saturated heterocycles. The minimum Gasteiger partial charge on any atom is -0.357 e. The van der Waals surface area contributed by atoms with Gasteiger partial charge in [0.1, 0.15) is 0 Å². The SMILES string of the molecule is CCc1[nH]c2ccc(Cl)cc2c1Br. The first-order chi connectivity index (χ1) is 6.22. The van der Waals surface area contributed by atoms with Gasteiger partial charge in [-0.15, -0.1) is 0 Å². The van der Waals surface area contributed by atoms with Crippen LogP contribution >= 0.6 is 27.5 Å². The predicted octanol–water partition coefficient (Wildman–Crippen LogP) is 4.15. The molecule has 0 unspecified atom stereocenters. The van der Waals surface area contributed by atoms with Crippen molar-refractivity contribution in [1.29, 1.82) is 0 Å². The average molecular weight is 259 g/mol. The molecule has 68 valence electrons. The summed E-state index contributed by atoms with van der Waals surface area (Å²) < 4.78 is 1.13. The van der Waals surface area contributed by atoms with E-state index in [2.05, 4.69) is 27.8 Å². The maximum absolute atomic E-state index is 5.91. The van der Waals surface area contributed by atoms with Crippen LogP contribution in [0.15, 0.2) is 22.7 Å². The molecule has 0 atom stereocenters. The molecule has 2 aromatic rings. The number of fused-ring (bicyclic) bond motifs is 1. The van der Waals surface area contributed by atoms with Gasteiger partial charge in [0.2, 0.25) is 0 Å². The predicted molar refractivity (Wildman–Crippen MR) is 60.4 cm³/mol. The van der Waals surface area contributed by atoms with E-state index in [9.17, 15) is 0 Å². The Morgan fingerprint density at radius 3 is 2.92 bits per heavy atom. The van der Waals surface area contributed by atoms with E-state index >= 15 is 0 Å². The number of benzene rings is 1. The van der Waals surface area contributed by atoms with E-state index in [4.69, 9.17) is 11.6 Å². The van der Waals surface area contributed by atoms with Gasteiger partial charge >= 0.3 is 0 Å². The highest BCUT2D eigenvalue weighted by atomic mass is 79.9. The Morgan fingerprint density at radius 1 is 1.46 bits per heavy atom. The molecule has 13 heavy (non-hydrogen) atoms. The van der Waals surface area contributed by atoms with Crippen LogP contribution in [0.25, 0.3) is 10.9 Å². The molecule has 1 aromatic heterocycles. The van der Waals surface area contributed by atoms with Crippen molar-refractivity contribution in [3.05, 3.63) is 33.4 Å². The molecule has 1 N–H and O–H groups in total. The summed E-state index contributed by atoms with van der Waals surface area (Å²) in [6.45, 7) is 2.12. The first kappa shape index (κ1) is 9.10. The molecule has 0 saturated carbocycles. The Balaban J connectivity index is 2.77. The number of aryl methyl sites for hydroxylation is 1. The summed E-state index contributed by atoms with van der Waals surface area (Å²) in [5, 5.41) is 1.93. The van der Waals surface area contributed by atoms with Gasteiger partial charge in [-0.3, -0.25) is 0 Å². The molecule has 3 heteroatoms. The second kappa shape index (κ2) is 3.35. The van der Waals surface area contributed by atoms with Gasteiger partial charge < -0.3 is 4.98 Å². The average Bonchev–Trinajstić information content (AvgIpc) is 2.44. The van der Waals surface area contributed by atoms with Gasteiger partial charge in [-0.2, -0.15) is 0 Å². The number of rotatable bonds is 1. The fraction of sp³-hybridized carbons (Fsp3) is 0.200.